The summed E-state index contributed by atoms with van der Waals surface area (Å²) in [6.07, 6.45) is 0. The molecule has 0 aliphatic heterocycles. The quantitative estimate of drug-likeness (QED) is 0.412. The molecule has 2 aromatic heterocycles. The first-order valence-electron chi connectivity index (χ1n) is 9.78. The number of rotatable bonds is 6. The number of carboxylic acids is 1. The monoisotopic (exact) mass is 483 g/mol. The fourth-order valence-corrected chi connectivity index (χ4v) is 4.58. The van der Waals surface area contributed by atoms with Gasteiger partial charge in [-0.25, -0.2) is 9.78 Å². The van der Waals surface area contributed by atoms with E-state index in [1.165, 1.54) is 23.1 Å². The highest BCUT2D eigenvalue weighted by Gasteiger charge is 2.26. The highest BCUT2D eigenvalue weighted by molar-refractivity contribution is 7.17. The van der Waals surface area contributed by atoms with Gasteiger partial charge in [0.2, 0.25) is 5.91 Å². The van der Waals surface area contributed by atoms with Crippen LogP contribution in [-0.2, 0) is 4.79 Å². The highest BCUT2D eigenvalue weighted by atomic mass is 35.5. The van der Waals surface area contributed by atoms with Crippen molar-refractivity contribution in [3.05, 3.63) is 74.9 Å². The van der Waals surface area contributed by atoms with Gasteiger partial charge < -0.3 is 15.2 Å². The second kappa shape index (κ2) is 9.05. The van der Waals surface area contributed by atoms with Gasteiger partial charge in [-0.1, -0.05) is 41.9 Å². The molecule has 168 valence electrons. The summed E-state index contributed by atoms with van der Waals surface area (Å²) in [5, 5.41) is 13.9. The molecule has 8 nitrogen and oxygen atoms in total. The van der Waals surface area contributed by atoms with Crippen molar-refractivity contribution in [2.24, 2.45) is 0 Å². The van der Waals surface area contributed by atoms with Gasteiger partial charge in [-0.2, -0.15) is 0 Å². The molecule has 0 aliphatic carbocycles. The van der Waals surface area contributed by atoms with Crippen molar-refractivity contribution in [1.82, 2.24) is 9.55 Å². The van der Waals surface area contributed by atoms with Gasteiger partial charge in [0.25, 0.3) is 5.56 Å². The molecule has 2 N–H and O–H groups in total. The Morgan fingerprint density at radius 3 is 2.58 bits per heavy atom. The molecule has 0 saturated heterocycles. The maximum atomic E-state index is 13.5. The van der Waals surface area contributed by atoms with Gasteiger partial charge in [0, 0.05) is 16.6 Å². The number of halogens is 1. The van der Waals surface area contributed by atoms with Crippen LogP contribution < -0.4 is 15.6 Å². The maximum absolute atomic E-state index is 13.5. The number of anilines is 1. The lowest BCUT2D eigenvalue weighted by atomic mass is 10.1. The molecule has 2 aromatic carbocycles. The molecule has 10 heteroatoms. The number of aromatic carboxylic acids is 1. The van der Waals surface area contributed by atoms with E-state index in [0.717, 1.165) is 11.3 Å². The van der Waals surface area contributed by atoms with Crippen LogP contribution in [0.2, 0.25) is 5.02 Å². The fourth-order valence-electron chi connectivity index (χ4n) is 3.42. The normalized spacial score (nSPS) is 11.8. The lowest BCUT2D eigenvalue weighted by Crippen LogP contribution is -2.33. The first kappa shape index (κ1) is 22.5. The van der Waals surface area contributed by atoms with Crippen molar-refractivity contribution >= 4 is 50.7 Å². The van der Waals surface area contributed by atoms with E-state index in [4.69, 9.17) is 16.3 Å². The van der Waals surface area contributed by atoms with E-state index in [2.05, 4.69) is 10.3 Å². The third-order valence-electron chi connectivity index (χ3n) is 5.09. The smallest absolute Gasteiger partial charge is 0.337 e. The minimum Gasteiger partial charge on any atom is -0.495 e. The minimum absolute atomic E-state index is 0.0284. The first-order chi connectivity index (χ1) is 15.8. The van der Waals surface area contributed by atoms with Crippen LogP contribution in [0.5, 0.6) is 5.75 Å². The fraction of sp³-hybridized carbons (Fsp3) is 0.130. The predicted octanol–water partition coefficient (Wildman–Crippen LogP) is 4.68. The summed E-state index contributed by atoms with van der Waals surface area (Å²) in [6.45, 7) is 1.55. The van der Waals surface area contributed by atoms with Gasteiger partial charge >= 0.3 is 5.97 Å². The number of nitrogens with zero attached hydrogens (tertiary/aromatic N) is 2. The number of hydrogen-bond donors (Lipinski definition) is 2. The number of thiophene rings is 1. The maximum Gasteiger partial charge on any atom is 0.337 e. The number of ether oxygens (including phenoxy) is 1. The van der Waals surface area contributed by atoms with E-state index in [-0.39, 0.29) is 16.8 Å². The summed E-state index contributed by atoms with van der Waals surface area (Å²) in [6, 6.07) is 12.7. The standard InChI is InChI=1S/C23H18ClN3O5S/c1-12(20(28)25-14-8-9-17(32-2)16(24)10-14)27-19(13-6-4-3-5-7-13)26-21-18(22(27)29)15(11-33-21)23(30)31/h3-12H,1-2H3,(H,25,28)(H,30,31). The molecule has 2 heterocycles. The van der Waals surface area contributed by atoms with Crippen LogP contribution in [0.4, 0.5) is 5.69 Å². The first-order valence-corrected chi connectivity index (χ1v) is 11.0. The molecule has 1 amide bonds. The zero-order valence-electron chi connectivity index (χ0n) is 17.5. The van der Waals surface area contributed by atoms with E-state index in [0.29, 0.717) is 26.9 Å². The van der Waals surface area contributed by atoms with E-state index in [1.54, 1.807) is 43.3 Å². The van der Waals surface area contributed by atoms with Gasteiger partial charge in [-0.05, 0) is 25.1 Å². The molecule has 0 spiro atoms. The molecule has 1 unspecified atom stereocenters. The Morgan fingerprint density at radius 1 is 1.21 bits per heavy atom. The largest absolute Gasteiger partial charge is 0.495 e. The van der Waals surface area contributed by atoms with Crippen molar-refractivity contribution in [1.29, 1.82) is 0 Å². The summed E-state index contributed by atoms with van der Waals surface area (Å²) in [5.41, 5.74) is 0.292. The molecule has 4 rings (SSSR count). The highest BCUT2D eigenvalue weighted by Crippen LogP contribution is 2.29. The average molecular weight is 484 g/mol. The summed E-state index contributed by atoms with van der Waals surface area (Å²) >= 11 is 7.21. The topological polar surface area (TPSA) is 111 Å². The number of methoxy groups -OCH3 is 1. The van der Waals surface area contributed by atoms with Crippen LogP contribution in [0.25, 0.3) is 21.6 Å². The summed E-state index contributed by atoms with van der Waals surface area (Å²) in [5.74, 6) is -1.01. The van der Waals surface area contributed by atoms with Gasteiger partial charge in [-0.15, -0.1) is 11.3 Å². The Bertz CT molecular complexity index is 1430. The summed E-state index contributed by atoms with van der Waals surface area (Å²) in [4.78, 5) is 43.1. The third kappa shape index (κ3) is 4.20. The zero-order valence-corrected chi connectivity index (χ0v) is 19.1. The van der Waals surface area contributed by atoms with Crippen molar-refractivity contribution in [2.45, 2.75) is 13.0 Å². The molecule has 4 aromatic rings. The third-order valence-corrected chi connectivity index (χ3v) is 6.26. The minimum atomic E-state index is -1.23. The van der Waals surface area contributed by atoms with Gasteiger partial charge in [0.05, 0.1) is 23.1 Å². The molecular weight excluding hydrogens is 466 g/mol. The molecular formula is C23H18ClN3O5S. The van der Waals surface area contributed by atoms with Gasteiger partial charge in [0.1, 0.15) is 22.4 Å². The second-order valence-electron chi connectivity index (χ2n) is 7.13. The van der Waals surface area contributed by atoms with Gasteiger partial charge in [0.15, 0.2) is 0 Å². The lowest BCUT2D eigenvalue weighted by Gasteiger charge is -2.19. The molecule has 0 fully saturated rings. The Labute approximate surface area is 197 Å². The lowest BCUT2D eigenvalue weighted by molar-refractivity contribution is -0.118. The Balaban J connectivity index is 1.83. The van der Waals surface area contributed by atoms with Crippen LogP contribution in [-0.4, -0.2) is 33.6 Å². The number of aromatic nitrogens is 2. The Hall–Kier alpha value is -3.69. The zero-order chi connectivity index (χ0) is 23.7. The van der Waals surface area contributed by atoms with Crippen LogP contribution in [0, 0.1) is 0 Å². The molecule has 0 bridgehead atoms. The number of hydrogen-bond acceptors (Lipinski definition) is 6. The molecule has 0 radical (unpaired) electrons. The average Bonchev–Trinajstić information content (AvgIpc) is 3.24. The van der Waals surface area contributed by atoms with E-state index >= 15 is 0 Å². The molecule has 0 saturated carbocycles. The number of carbonyl (C=O) groups excluding carboxylic acids is 1. The molecule has 33 heavy (non-hydrogen) atoms. The van der Waals surface area contributed by atoms with Crippen molar-refractivity contribution in [3.8, 4) is 17.1 Å². The second-order valence-corrected chi connectivity index (χ2v) is 8.39. The van der Waals surface area contributed by atoms with E-state index in [9.17, 15) is 19.5 Å². The number of nitrogens with one attached hydrogen (secondary N) is 1. The Kier molecular flexibility index (Phi) is 6.17. The van der Waals surface area contributed by atoms with E-state index < -0.39 is 23.5 Å². The molecule has 1 atom stereocenters. The predicted molar refractivity (Wildman–Crippen MR) is 128 cm³/mol. The van der Waals surface area contributed by atoms with Crippen LogP contribution in [0.3, 0.4) is 0 Å². The number of carboxylic acid groups (broad SMARTS) is 1. The van der Waals surface area contributed by atoms with Gasteiger partial charge in [-0.3, -0.25) is 14.2 Å². The summed E-state index contributed by atoms with van der Waals surface area (Å²) in [7, 11) is 1.48. The Morgan fingerprint density at radius 2 is 1.94 bits per heavy atom. The SMILES string of the molecule is COc1ccc(NC(=O)C(C)n2c(-c3ccccc3)nc3scc(C(=O)O)c3c2=O)cc1Cl. The number of benzene rings is 2. The van der Waals surface area contributed by atoms with Crippen LogP contribution in [0.15, 0.2) is 58.7 Å². The summed E-state index contributed by atoms with van der Waals surface area (Å²) < 4.78 is 6.34. The van der Waals surface area contributed by atoms with E-state index in [1.807, 2.05) is 6.07 Å². The van der Waals surface area contributed by atoms with Crippen molar-refractivity contribution < 1.29 is 19.4 Å². The number of carbonyl (C=O) groups is 2. The van der Waals surface area contributed by atoms with Crippen molar-refractivity contribution in [3.63, 3.8) is 0 Å². The number of amides is 1. The van der Waals surface area contributed by atoms with Crippen molar-refractivity contribution in [2.75, 3.05) is 12.4 Å². The van der Waals surface area contributed by atoms with Crippen LogP contribution in [0.1, 0.15) is 23.3 Å². The van der Waals surface area contributed by atoms with Crippen LogP contribution >= 0.6 is 22.9 Å². The molecule has 0 aliphatic rings. The number of fused-ring (bicyclic) bond motifs is 1.